The standard InChI is InChI=1S/C17H14FNO5S/c1-23-14-7-12-13(8-15(14)24-2)19-9-16(17(12)20)25(21,22)11-5-3-10(18)4-6-11/h3-9H,1-2H3,(H,19,20). The topological polar surface area (TPSA) is 85.5 Å². The highest BCUT2D eigenvalue weighted by molar-refractivity contribution is 7.91. The van der Waals surface area contributed by atoms with Crippen LogP contribution in [0.1, 0.15) is 0 Å². The molecule has 1 N–H and O–H groups in total. The predicted molar refractivity (Wildman–Crippen MR) is 89.5 cm³/mol. The summed E-state index contributed by atoms with van der Waals surface area (Å²) in [5, 5.41) is 0.140. The van der Waals surface area contributed by atoms with Crippen LogP contribution in [0.15, 0.2) is 57.2 Å². The van der Waals surface area contributed by atoms with Crippen LogP contribution in [0, 0.1) is 5.82 Å². The summed E-state index contributed by atoms with van der Waals surface area (Å²) in [5.74, 6) is 0.139. The molecule has 0 spiro atoms. The minimum atomic E-state index is -4.10. The van der Waals surface area contributed by atoms with Crippen LogP contribution >= 0.6 is 0 Å². The monoisotopic (exact) mass is 363 g/mol. The van der Waals surface area contributed by atoms with Gasteiger partial charge < -0.3 is 14.5 Å². The highest BCUT2D eigenvalue weighted by atomic mass is 32.2. The number of hydrogen-bond donors (Lipinski definition) is 1. The fourth-order valence-electron chi connectivity index (χ4n) is 2.47. The number of aromatic amines is 1. The molecule has 0 bridgehead atoms. The van der Waals surface area contributed by atoms with E-state index in [9.17, 15) is 17.6 Å². The summed E-state index contributed by atoms with van der Waals surface area (Å²) < 4.78 is 48.7. The zero-order chi connectivity index (χ0) is 18.2. The van der Waals surface area contributed by atoms with Gasteiger partial charge in [0.05, 0.1) is 30.0 Å². The van der Waals surface area contributed by atoms with Crippen molar-refractivity contribution in [1.82, 2.24) is 4.98 Å². The van der Waals surface area contributed by atoms with Gasteiger partial charge in [-0.3, -0.25) is 4.79 Å². The maximum Gasteiger partial charge on any atom is 0.211 e. The Labute approximate surface area is 142 Å². The Morgan fingerprint density at radius 2 is 1.60 bits per heavy atom. The fourth-order valence-corrected chi connectivity index (χ4v) is 3.78. The van der Waals surface area contributed by atoms with Crippen LogP contribution in [-0.2, 0) is 9.84 Å². The van der Waals surface area contributed by atoms with E-state index in [-0.39, 0.29) is 10.3 Å². The van der Waals surface area contributed by atoms with Gasteiger partial charge in [-0.05, 0) is 30.3 Å². The first-order valence-electron chi connectivity index (χ1n) is 7.16. The molecular formula is C17H14FNO5S. The molecule has 3 aromatic rings. The van der Waals surface area contributed by atoms with E-state index in [1.807, 2.05) is 0 Å². The predicted octanol–water partition coefficient (Wildman–Crippen LogP) is 2.52. The zero-order valence-corrected chi connectivity index (χ0v) is 14.2. The van der Waals surface area contributed by atoms with E-state index in [0.29, 0.717) is 17.0 Å². The molecule has 0 saturated heterocycles. The van der Waals surface area contributed by atoms with Crippen LogP contribution < -0.4 is 14.9 Å². The van der Waals surface area contributed by atoms with Crippen molar-refractivity contribution >= 4 is 20.7 Å². The van der Waals surface area contributed by atoms with E-state index in [2.05, 4.69) is 4.98 Å². The van der Waals surface area contributed by atoms with Gasteiger partial charge in [0, 0.05) is 12.3 Å². The van der Waals surface area contributed by atoms with Crippen molar-refractivity contribution in [2.45, 2.75) is 9.79 Å². The molecule has 3 rings (SSSR count). The molecule has 0 atom stereocenters. The van der Waals surface area contributed by atoms with Gasteiger partial charge in [-0.2, -0.15) is 0 Å². The van der Waals surface area contributed by atoms with E-state index >= 15 is 0 Å². The van der Waals surface area contributed by atoms with Crippen molar-refractivity contribution in [2.24, 2.45) is 0 Å². The molecule has 0 fully saturated rings. The Kier molecular flexibility index (Phi) is 4.22. The molecule has 0 aliphatic carbocycles. The zero-order valence-electron chi connectivity index (χ0n) is 13.4. The molecule has 1 aromatic heterocycles. The number of benzene rings is 2. The molecule has 0 aliphatic heterocycles. The number of aromatic nitrogens is 1. The molecule has 130 valence electrons. The first kappa shape index (κ1) is 17.0. The van der Waals surface area contributed by atoms with Gasteiger partial charge in [-0.25, -0.2) is 12.8 Å². The molecule has 0 radical (unpaired) electrons. The van der Waals surface area contributed by atoms with Gasteiger partial charge in [0.15, 0.2) is 11.5 Å². The van der Waals surface area contributed by atoms with Crippen LogP contribution in [0.25, 0.3) is 10.9 Å². The Balaban J connectivity index is 2.25. The Morgan fingerprint density at radius 1 is 1.00 bits per heavy atom. The van der Waals surface area contributed by atoms with Gasteiger partial charge in [-0.1, -0.05) is 0 Å². The summed E-state index contributed by atoms with van der Waals surface area (Å²) in [7, 11) is -1.23. The number of halogens is 1. The number of nitrogens with one attached hydrogen (secondary N) is 1. The third-order valence-corrected chi connectivity index (χ3v) is 5.54. The largest absolute Gasteiger partial charge is 0.493 e. The molecule has 0 aliphatic rings. The molecule has 0 unspecified atom stereocenters. The summed E-state index contributed by atoms with van der Waals surface area (Å²) in [6.45, 7) is 0. The lowest BCUT2D eigenvalue weighted by Crippen LogP contribution is -2.16. The molecule has 2 aromatic carbocycles. The average Bonchev–Trinajstić information content (AvgIpc) is 2.61. The SMILES string of the molecule is COc1cc2[nH]cc(S(=O)(=O)c3ccc(F)cc3)c(=O)c2cc1OC. The summed E-state index contributed by atoms with van der Waals surface area (Å²) >= 11 is 0. The first-order chi connectivity index (χ1) is 11.9. The van der Waals surface area contributed by atoms with Crippen molar-refractivity contribution < 1.29 is 22.3 Å². The maximum atomic E-state index is 13.0. The minimum Gasteiger partial charge on any atom is -0.493 e. The molecule has 8 heteroatoms. The van der Waals surface area contributed by atoms with Gasteiger partial charge >= 0.3 is 0 Å². The number of pyridine rings is 1. The smallest absolute Gasteiger partial charge is 0.211 e. The second-order valence-corrected chi connectivity index (χ2v) is 7.11. The summed E-state index contributed by atoms with van der Waals surface area (Å²) in [6, 6.07) is 7.23. The Morgan fingerprint density at radius 3 is 2.20 bits per heavy atom. The van der Waals surface area contributed by atoms with Crippen molar-refractivity contribution in [2.75, 3.05) is 14.2 Å². The van der Waals surface area contributed by atoms with E-state index in [0.717, 1.165) is 30.5 Å². The molecule has 1 heterocycles. The van der Waals surface area contributed by atoms with Crippen molar-refractivity contribution in [3.05, 3.63) is 58.6 Å². The molecular weight excluding hydrogens is 349 g/mol. The second kappa shape index (κ2) is 6.21. The van der Waals surface area contributed by atoms with Crippen LogP contribution in [-0.4, -0.2) is 27.6 Å². The summed E-state index contributed by atoms with van der Waals surface area (Å²) in [6.07, 6.45) is 1.12. The third-order valence-electron chi connectivity index (χ3n) is 3.76. The van der Waals surface area contributed by atoms with Crippen LogP contribution in [0.2, 0.25) is 0 Å². The lowest BCUT2D eigenvalue weighted by atomic mass is 10.2. The number of H-pyrrole nitrogens is 1. The third kappa shape index (κ3) is 2.85. The molecule has 25 heavy (non-hydrogen) atoms. The number of fused-ring (bicyclic) bond motifs is 1. The lowest BCUT2D eigenvalue weighted by Gasteiger charge is -2.10. The second-order valence-electron chi connectivity index (χ2n) is 5.19. The van der Waals surface area contributed by atoms with E-state index in [4.69, 9.17) is 9.47 Å². The number of sulfone groups is 1. The molecule has 6 nitrogen and oxygen atoms in total. The Bertz CT molecular complexity index is 1100. The fraction of sp³-hybridized carbons (Fsp3) is 0.118. The molecule has 0 saturated carbocycles. The highest BCUT2D eigenvalue weighted by Gasteiger charge is 2.23. The number of methoxy groups -OCH3 is 2. The highest BCUT2D eigenvalue weighted by Crippen LogP contribution is 2.30. The van der Waals surface area contributed by atoms with Gasteiger partial charge in [-0.15, -0.1) is 0 Å². The van der Waals surface area contributed by atoms with E-state index in [1.54, 1.807) is 6.07 Å². The number of rotatable bonds is 4. The number of hydrogen-bond acceptors (Lipinski definition) is 5. The summed E-state index contributed by atoms with van der Waals surface area (Å²) in [5.41, 5.74) is -0.278. The van der Waals surface area contributed by atoms with Gasteiger partial charge in [0.25, 0.3) is 0 Å². The van der Waals surface area contributed by atoms with Gasteiger partial charge in [0.2, 0.25) is 15.3 Å². The van der Waals surface area contributed by atoms with Crippen LogP contribution in [0.3, 0.4) is 0 Å². The van der Waals surface area contributed by atoms with E-state index < -0.39 is 26.0 Å². The Hall–Kier alpha value is -2.87. The van der Waals surface area contributed by atoms with Crippen LogP contribution in [0.5, 0.6) is 11.5 Å². The van der Waals surface area contributed by atoms with Crippen molar-refractivity contribution in [1.29, 1.82) is 0 Å². The normalized spacial score (nSPS) is 11.5. The van der Waals surface area contributed by atoms with E-state index in [1.165, 1.54) is 20.3 Å². The van der Waals surface area contributed by atoms with Crippen molar-refractivity contribution in [3.63, 3.8) is 0 Å². The average molecular weight is 363 g/mol. The van der Waals surface area contributed by atoms with Crippen LogP contribution in [0.4, 0.5) is 4.39 Å². The lowest BCUT2D eigenvalue weighted by molar-refractivity contribution is 0.355. The minimum absolute atomic E-state index is 0.140. The molecule has 0 amide bonds. The maximum absolute atomic E-state index is 13.0. The summed E-state index contributed by atoms with van der Waals surface area (Å²) in [4.78, 5) is 14.9. The number of ether oxygens (including phenoxy) is 2. The van der Waals surface area contributed by atoms with Crippen molar-refractivity contribution in [3.8, 4) is 11.5 Å². The first-order valence-corrected chi connectivity index (χ1v) is 8.65. The quantitative estimate of drug-likeness (QED) is 0.720. The van der Waals surface area contributed by atoms with Gasteiger partial charge in [0.1, 0.15) is 10.7 Å².